The molecule has 0 aromatic rings. The summed E-state index contributed by atoms with van der Waals surface area (Å²) in [7, 11) is -3.54. The van der Waals surface area contributed by atoms with E-state index in [1.54, 1.807) is 0 Å². The van der Waals surface area contributed by atoms with E-state index in [-0.39, 0.29) is 67.0 Å². The smallest absolute Gasteiger partial charge is 0.192 e. The van der Waals surface area contributed by atoms with Crippen molar-refractivity contribution in [2.75, 3.05) is 72.7 Å². The lowest BCUT2D eigenvalue weighted by Crippen LogP contribution is -2.42. The van der Waals surface area contributed by atoms with Gasteiger partial charge in [-0.25, -0.2) is 0 Å². The van der Waals surface area contributed by atoms with E-state index < -0.39 is 16.6 Å². The Morgan fingerprint density at radius 3 is 1.19 bits per heavy atom. The first-order valence-corrected chi connectivity index (χ1v) is 19.7. The van der Waals surface area contributed by atoms with Crippen molar-refractivity contribution in [3.8, 4) is 0 Å². The van der Waals surface area contributed by atoms with E-state index in [2.05, 4.69) is 67.7 Å². The Labute approximate surface area is 274 Å². The normalized spacial score (nSPS) is 12.5. The molecule has 8 nitrogen and oxygen atoms in total. The standard InChI is InChI=1S/C27H60O8Si2.6CH4/c1-13-31-24(2)32-18-14-28-15-19-33-25(22-29-16-20-34-36(9,10)26(3,4)5)23-30-17-21-35-37(11,12)27(6,7)8;;;;;;/h24-25H,13-23H2,1-12H3;6*1H4. The van der Waals surface area contributed by atoms with Crippen molar-refractivity contribution in [2.24, 2.45) is 0 Å². The number of rotatable bonds is 22. The zero-order valence-electron chi connectivity index (χ0n) is 26.2. The summed E-state index contributed by atoms with van der Waals surface area (Å²) in [5, 5.41) is 0.371. The van der Waals surface area contributed by atoms with Crippen LogP contribution in [0.4, 0.5) is 0 Å². The zero-order valence-corrected chi connectivity index (χ0v) is 28.2. The summed E-state index contributed by atoms with van der Waals surface area (Å²) in [5.74, 6) is 0. The van der Waals surface area contributed by atoms with Crippen molar-refractivity contribution in [3.05, 3.63) is 0 Å². The molecule has 0 N–H and O–H groups in total. The number of ether oxygens (including phenoxy) is 6. The van der Waals surface area contributed by atoms with Crippen LogP contribution >= 0.6 is 0 Å². The molecule has 0 aliphatic rings. The maximum Gasteiger partial charge on any atom is 0.192 e. The van der Waals surface area contributed by atoms with Gasteiger partial charge in [0.15, 0.2) is 22.9 Å². The first-order valence-electron chi connectivity index (χ1n) is 13.9. The Morgan fingerprint density at radius 1 is 0.488 bits per heavy atom. The van der Waals surface area contributed by atoms with Gasteiger partial charge >= 0.3 is 0 Å². The molecule has 10 heteroatoms. The predicted molar refractivity (Wildman–Crippen MR) is 196 cm³/mol. The summed E-state index contributed by atoms with van der Waals surface area (Å²) in [6.45, 7) is 32.0. The first-order chi connectivity index (χ1) is 17.0. The minimum atomic E-state index is -1.77. The van der Waals surface area contributed by atoms with Crippen LogP contribution in [0.15, 0.2) is 0 Å². The van der Waals surface area contributed by atoms with Gasteiger partial charge in [-0.05, 0) is 50.1 Å². The van der Waals surface area contributed by atoms with E-state index >= 15 is 0 Å². The Balaban J connectivity index is -0.000000432. The molecule has 0 bridgehead atoms. The molecule has 0 rings (SSSR count). The van der Waals surface area contributed by atoms with Crippen molar-refractivity contribution >= 4 is 16.6 Å². The van der Waals surface area contributed by atoms with Crippen LogP contribution in [0.3, 0.4) is 0 Å². The van der Waals surface area contributed by atoms with Crippen LogP contribution in [0.25, 0.3) is 0 Å². The van der Waals surface area contributed by atoms with Gasteiger partial charge in [-0.3, -0.25) is 0 Å². The summed E-state index contributed by atoms with van der Waals surface area (Å²) in [5.41, 5.74) is 0. The van der Waals surface area contributed by atoms with Gasteiger partial charge in [-0.2, -0.15) is 0 Å². The van der Waals surface area contributed by atoms with Crippen LogP contribution in [-0.4, -0.2) is 102 Å². The maximum absolute atomic E-state index is 6.20. The highest BCUT2D eigenvalue weighted by Gasteiger charge is 2.37. The van der Waals surface area contributed by atoms with Gasteiger partial charge in [-0.1, -0.05) is 86.1 Å². The van der Waals surface area contributed by atoms with Gasteiger partial charge in [0.2, 0.25) is 0 Å². The molecule has 0 saturated carbocycles. The molecule has 0 heterocycles. The second-order valence-electron chi connectivity index (χ2n) is 12.4. The lowest BCUT2D eigenvalue weighted by molar-refractivity contribution is -0.138. The van der Waals surface area contributed by atoms with Crippen LogP contribution in [0.2, 0.25) is 36.3 Å². The molecule has 0 aliphatic heterocycles. The molecule has 0 aromatic heterocycles. The average molecular weight is 665 g/mol. The fourth-order valence-corrected chi connectivity index (χ4v) is 4.70. The van der Waals surface area contributed by atoms with Crippen molar-refractivity contribution in [1.29, 1.82) is 0 Å². The van der Waals surface area contributed by atoms with Gasteiger partial charge in [0, 0.05) is 6.61 Å². The molecule has 0 aromatic carbocycles. The molecule has 1 unspecified atom stereocenters. The second-order valence-corrected chi connectivity index (χ2v) is 22.0. The zero-order chi connectivity index (χ0) is 28.6. The maximum atomic E-state index is 6.20. The summed E-state index contributed by atoms with van der Waals surface area (Å²) in [6.07, 6.45) is -0.400. The van der Waals surface area contributed by atoms with E-state index in [0.717, 1.165) is 0 Å². The predicted octanol–water partition coefficient (Wildman–Crippen LogP) is 9.68. The topological polar surface area (TPSA) is 73.8 Å². The largest absolute Gasteiger partial charge is 0.414 e. The van der Waals surface area contributed by atoms with Crippen LogP contribution in [0.5, 0.6) is 0 Å². The fraction of sp³-hybridized carbons (Fsp3) is 1.00. The first kappa shape index (κ1) is 58.6. The molecular formula is C33H84O8Si2. The molecule has 43 heavy (non-hydrogen) atoms. The van der Waals surface area contributed by atoms with E-state index in [0.29, 0.717) is 72.7 Å². The third kappa shape index (κ3) is 28.1. The Hall–Kier alpha value is 0.114. The second kappa shape index (κ2) is 29.5. The Bertz CT molecular complexity index is 528. The average Bonchev–Trinajstić information content (AvgIpc) is 2.75. The molecule has 1 atom stereocenters. The summed E-state index contributed by atoms with van der Waals surface area (Å²) < 4.78 is 46.7. The Kier molecular flexibility index (Phi) is 40.2. The van der Waals surface area contributed by atoms with Crippen molar-refractivity contribution in [2.45, 2.75) is 149 Å². The monoisotopic (exact) mass is 665 g/mol. The van der Waals surface area contributed by atoms with E-state index in [9.17, 15) is 0 Å². The molecule has 0 amide bonds. The minimum absolute atomic E-state index is 0. The quantitative estimate of drug-likeness (QED) is 0.0643. The molecule has 272 valence electrons. The SMILES string of the molecule is C.C.C.C.C.C.CCOC(C)OCCOCCOC(COCCO[Si](C)(C)C(C)(C)C)COCCO[Si](C)(C)C(C)(C)C. The number of hydrogen-bond acceptors (Lipinski definition) is 8. The van der Waals surface area contributed by atoms with Crippen molar-refractivity contribution < 1.29 is 37.3 Å². The highest BCUT2D eigenvalue weighted by Crippen LogP contribution is 2.37. The highest BCUT2D eigenvalue weighted by molar-refractivity contribution is 6.74. The van der Waals surface area contributed by atoms with Crippen LogP contribution < -0.4 is 0 Å². The van der Waals surface area contributed by atoms with Crippen LogP contribution in [0.1, 0.15) is 99.9 Å². The molecule has 0 aliphatic carbocycles. The summed E-state index contributed by atoms with van der Waals surface area (Å²) in [4.78, 5) is 0. The van der Waals surface area contributed by atoms with Crippen LogP contribution in [-0.2, 0) is 37.3 Å². The van der Waals surface area contributed by atoms with Gasteiger partial charge in [0.05, 0.1) is 66.1 Å². The lowest BCUT2D eigenvalue weighted by atomic mass is 10.2. The summed E-state index contributed by atoms with van der Waals surface area (Å²) >= 11 is 0. The molecule has 0 spiro atoms. The third-order valence-corrected chi connectivity index (χ3v) is 16.2. The highest BCUT2D eigenvalue weighted by atomic mass is 28.4. The van der Waals surface area contributed by atoms with Gasteiger partial charge in [-0.15, -0.1) is 0 Å². The molecule has 0 saturated heterocycles. The fourth-order valence-electron chi connectivity index (χ4n) is 2.65. The third-order valence-electron chi connectivity index (χ3n) is 7.16. The van der Waals surface area contributed by atoms with Gasteiger partial charge in [0.25, 0.3) is 0 Å². The Morgan fingerprint density at radius 2 is 0.837 bits per heavy atom. The molecular weight excluding hydrogens is 581 g/mol. The van der Waals surface area contributed by atoms with Gasteiger partial charge in [0.1, 0.15) is 6.10 Å². The van der Waals surface area contributed by atoms with Crippen molar-refractivity contribution in [3.63, 3.8) is 0 Å². The van der Waals surface area contributed by atoms with E-state index in [1.807, 2.05) is 13.8 Å². The summed E-state index contributed by atoms with van der Waals surface area (Å²) in [6, 6.07) is 0. The lowest BCUT2D eigenvalue weighted by Gasteiger charge is -2.36. The van der Waals surface area contributed by atoms with E-state index in [4.69, 9.17) is 37.3 Å². The van der Waals surface area contributed by atoms with E-state index in [1.165, 1.54) is 0 Å². The van der Waals surface area contributed by atoms with Gasteiger partial charge < -0.3 is 37.3 Å². The number of hydrogen-bond donors (Lipinski definition) is 0. The van der Waals surface area contributed by atoms with Crippen molar-refractivity contribution in [1.82, 2.24) is 0 Å². The minimum Gasteiger partial charge on any atom is -0.414 e. The molecule has 0 fully saturated rings. The molecule has 0 radical (unpaired) electrons. The van der Waals surface area contributed by atoms with Crippen LogP contribution in [0, 0.1) is 0 Å².